The fraction of sp³-hybridized carbons (Fsp3) is 0.214. The Balaban J connectivity index is 2.26. The van der Waals surface area contributed by atoms with Crippen LogP contribution in [0.15, 0.2) is 36.4 Å². The fourth-order valence-electron chi connectivity index (χ4n) is 2.24. The van der Waals surface area contributed by atoms with E-state index in [1.807, 2.05) is 31.2 Å². The lowest BCUT2D eigenvalue weighted by atomic mass is 9.95. The third-order valence-corrected chi connectivity index (χ3v) is 3.01. The van der Waals surface area contributed by atoms with Gasteiger partial charge < -0.3 is 4.74 Å². The highest BCUT2D eigenvalue weighted by Gasteiger charge is 2.23. The van der Waals surface area contributed by atoms with Crippen LogP contribution in [0.4, 0.5) is 0 Å². The van der Waals surface area contributed by atoms with Crippen molar-refractivity contribution >= 4 is 16.7 Å². The smallest absolute Gasteiger partial charge is 0.338 e. The van der Waals surface area contributed by atoms with Gasteiger partial charge in [-0.25, -0.2) is 4.79 Å². The molecule has 2 nitrogen and oxygen atoms in total. The van der Waals surface area contributed by atoms with Crippen molar-refractivity contribution < 1.29 is 9.53 Å². The third-order valence-electron chi connectivity index (χ3n) is 3.01. The Hall–Kier alpha value is -1.83. The largest absolute Gasteiger partial charge is 0.459 e. The number of cyclic esters (lactones) is 1. The molecule has 1 heterocycles. The molecular weight excluding hydrogens is 200 g/mol. The number of hydrogen-bond donors (Lipinski definition) is 0. The molecule has 1 unspecified atom stereocenters. The Labute approximate surface area is 93.8 Å². The van der Waals surface area contributed by atoms with Gasteiger partial charge in [0.2, 0.25) is 0 Å². The van der Waals surface area contributed by atoms with Gasteiger partial charge in [0.25, 0.3) is 0 Å². The number of benzene rings is 2. The molecule has 0 amide bonds. The molecule has 2 heteroatoms. The van der Waals surface area contributed by atoms with Crippen molar-refractivity contribution in [2.45, 2.75) is 19.4 Å². The van der Waals surface area contributed by atoms with Crippen molar-refractivity contribution in [2.24, 2.45) is 0 Å². The average Bonchev–Trinajstić information content (AvgIpc) is 2.27. The van der Waals surface area contributed by atoms with Crippen molar-refractivity contribution in [3.8, 4) is 0 Å². The van der Waals surface area contributed by atoms with E-state index in [0.29, 0.717) is 0 Å². The van der Waals surface area contributed by atoms with E-state index in [9.17, 15) is 4.79 Å². The van der Waals surface area contributed by atoms with Gasteiger partial charge in [-0.2, -0.15) is 0 Å². The summed E-state index contributed by atoms with van der Waals surface area (Å²) in [6, 6.07) is 12.1. The first-order valence-corrected chi connectivity index (χ1v) is 5.47. The van der Waals surface area contributed by atoms with Crippen LogP contribution >= 0.6 is 0 Å². The second-order valence-electron chi connectivity index (χ2n) is 4.28. The summed E-state index contributed by atoms with van der Waals surface area (Å²) in [4.78, 5) is 11.7. The van der Waals surface area contributed by atoms with Crippen molar-refractivity contribution in [3.05, 3.63) is 47.5 Å². The Morgan fingerprint density at radius 3 is 2.62 bits per heavy atom. The Kier molecular flexibility index (Phi) is 1.96. The van der Waals surface area contributed by atoms with Gasteiger partial charge in [-0.05, 0) is 29.3 Å². The van der Waals surface area contributed by atoms with Gasteiger partial charge in [0.15, 0.2) is 0 Å². The van der Waals surface area contributed by atoms with E-state index < -0.39 is 0 Å². The molecule has 0 saturated heterocycles. The zero-order valence-electron chi connectivity index (χ0n) is 9.07. The summed E-state index contributed by atoms with van der Waals surface area (Å²) in [5.41, 5.74) is 1.82. The van der Waals surface area contributed by atoms with Crippen LogP contribution in [0, 0.1) is 0 Å². The average molecular weight is 212 g/mol. The molecule has 80 valence electrons. The Morgan fingerprint density at radius 2 is 1.88 bits per heavy atom. The van der Waals surface area contributed by atoms with Crippen LogP contribution in [0.2, 0.25) is 0 Å². The summed E-state index contributed by atoms with van der Waals surface area (Å²) in [7, 11) is 0. The van der Waals surface area contributed by atoms with Crippen LogP contribution in [0.3, 0.4) is 0 Å². The highest BCUT2D eigenvalue weighted by atomic mass is 16.5. The summed E-state index contributed by atoms with van der Waals surface area (Å²) < 4.78 is 5.22. The minimum atomic E-state index is -0.195. The number of ether oxygens (including phenoxy) is 1. The lowest BCUT2D eigenvalue weighted by molar-refractivity contribution is 0.0302. The van der Waals surface area contributed by atoms with Crippen molar-refractivity contribution in [1.82, 2.24) is 0 Å². The number of carbonyl (C=O) groups excluding carboxylic acids is 1. The van der Waals surface area contributed by atoms with E-state index >= 15 is 0 Å². The molecule has 0 fully saturated rings. The van der Waals surface area contributed by atoms with Crippen LogP contribution in [-0.2, 0) is 11.2 Å². The molecule has 1 aliphatic heterocycles. The van der Waals surface area contributed by atoms with E-state index in [2.05, 4.69) is 12.1 Å². The summed E-state index contributed by atoms with van der Waals surface area (Å²) >= 11 is 0. The lowest BCUT2D eigenvalue weighted by Crippen LogP contribution is -2.24. The maximum absolute atomic E-state index is 11.7. The molecule has 0 radical (unpaired) electrons. The standard InChI is InChI=1S/C14H12O2/c1-9-6-12-7-10-4-2-3-5-11(10)8-13(12)14(15)16-9/h2-5,7-9H,6H2,1H3. The number of fused-ring (bicyclic) bond motifs is 2. The molecule has 3 rings (SSSR count). The van der Waals surface area contributed by atoms with E-state index in [1.165, 1.54) is 5.39 Å². The maximum atomic E-state index is 11.7. The maximum Gasteiger partial charge on any atom is 0.338 e. The number of carbonyl (C=O) groups is 1. The molecule has 0 bridgehead atoms. The molecule has 2 aromatic rings. The molecule has 1 atom stereocenters. The SMILES string of the molecule is CC1Cc2cc3ccccc3cc2C(=O)O1. The van der Waals surface area contributed by atoms with Gasteiger partial charge in [-0.15, -0.1) is 0 Å². The van der Waals surface area contributed by atoms with Crippen LogP contribution in [0.25, 0.3) is 10.8 Å². The lowest BCUT2D eigenvalue weighted by Gasteiger charge is -2.22. The first kappa shape index (κ1) is 9.40. The second kappa shape index (κ2) is 3.34. The van der Waals surface area contributed by atoms with E-state index in [1.54, 1.807) is 0 Å². The topological polar surface area (TPSA) is 26.3 Å². The van der Waals surface area contributed by atoms with Gasteiger partial charge >= 0.3 is 5.97 Å². The van der Waals surface area contributed by atoms with Crippen LogP contribution in [-0.4, -0.2) is 12.1 Å². The van der Waals surface area contributed by atoms with E-state index in [0.717, 1.165) is 22.9 Å². The predicted octanol–water partition coefficient (Wildman–Crippen LogP) is 2.94. The summed E-state index contributed by atoms with van der Waals surface area (Å²) in [6.45, 7) is 1.93. The number of esters is 1. The fourth-order valence-corrected chi connectivity index (χ4v) is 2.24. The van der Waals surface area contributed by atoms with Crippen molar-refractivity contribution in [1.29, 1.82) is 0 Å². The monoisotopic (exact) mass is 212 g/mol. The minimum Gasteiger partial charge on any atom is -0.459 e. The minimum absolute atomic E-state index is 0.0128. The molecule has 1 aliphatic rings. The van der Waals surface area contributed by atoms with Gasteiger partial charge in [0.05, 0.1) is 5.56 Å². The Morgan fingerprint density at radius 1 is 1.19 bits per heavy atom. The van der Waals surface area contributed by atoms with Crippen LogP contribution in [0.1, 0.15) is 22.8 Å². The first-order valence-electron chi connectivity index (χ1n) is 5.47. The molecule has 16 heavy (non-hydrogen) atoms. The molecule has 0 aliphatic carbocycles. The third kappa shape index (κ3) is 1.38. The predicted molar refractivity (Wildman–Crippen MR) is 62.5 cm³/mol. The molecule has 0 saturated carbocycles. The van der Waals surface area contributed by atoms with Gasteiger partial charge in [-0.3, -0.25) is 0 Å². The van der Waals surface area contributed by atoms with E-state index in [4.69, 9.17) is 4.74 Å². The van der Waals surface area contributed by atoms with Crippen molar-refractivity contribution in [3.63, 3.8) is 0 Å². The summed E-state index contributed by atoms with van der Waals surface area (Å²) in [6.07, 6.45) is 0.799. The molecular formula is C14H12O2. The molecule has 0 N–H and O–H groups in total. The van der Waals surface area contributed by atoms with Crippen LogP contribution < -0.4 is 0 Å². The first-order chi connectivity index (χ1) is 7.74. The number of rotatable bonds is 0. The van der Waals surface area contributed by atoms with Gasteiger partial charge in [0.1, 0.15) is 6.10 Å². The highest BCUT2D eigenvalue weighted by Crippen LogP contribution is 2.26. The number of hydrogen-bond acceptors (Lipinski definition) is 2. The summed E-state index contributed by atoms with van der Waals surface area (Å²) in [5, 5.41) is 2.27. The van der Waals surface area contributed by atoms with Crippen molar-refractivity contribution in [2.75, 3.05) is 0 Å². The molecule has 2 aromatic carbocycles. The van der Waals surface area contributed by atoms with Gasteiger partial charge in [0, 0.05) is 6.42 Å². The highest BCUT2D eigenvalue weighted by molar-refractivity contribution is 5.98. The Bertz CT molecular complexity index is 572. The van der Waals surface area contributed by atoms with Gasteiger partial charge in [-0.1, -0.05) is 30.3 Å². The quantitative estimate of drug-likeness (QED) is 0.627. The van der Waals surface area contributed by atoms with E-state index in [-0.39, 0.29) is 12.1 Å². The zero-order valence-corrected chi connectivity index (χ0v) is 9.07. The zero-order chi connectivity index (χ0) is 11.1. The molecule has 0 aromatic heterocycles. The summed E-state index contributed by atoms with van der Waals surface area (Å²) in [5.74, 6) is -0.195. The molecule has 0 spiro atoms. The normalized spacial score (nSPS) is 19.3. The second-order valence-corrected chi connectivity index (χ2v) is 4.28. The van der Waals surface area contributed by atoms with Crippen LogP contribution in [0.5, 0.6) is 0 Å².